The molecule has 1 atom stereocenters. The normalized spacial score (nSPS) is 17.4. The fourth-order valence-electron chi connectivity index (χ4n) is 4.03. The van der Waals surface area contributed by atoms with Gasteiger partial charge in [0.05, 0.1) is 17.9 Å². The third kappa shape index (κ3) is 4.57. The first kappa shape index (κ1) is 21.3. The van der Waals surface area contributed by atoms with Gasteiger partial charge in [0.25, 0.3) is 0 Å². The number of sulfonamides is 1. The number of piperidine rings is 1. The van der Waals surface area contributed by atoms with Crippen molar-refractivity contribution in [1.29, 1.82) is 0 Å². The van der Waals surface area contributed by atoms with Crippen LogP contribution in [0.2, 0.25) is 0 Å². The molecule has 1 fully saturated rings. The summed E-state index contributed by atoms with van der Waals surface area (Å²) in [6.07, 6.45) is 1.32. The van der Waals surface area contributed by atoms with Crippen molar-refractivity contribution in [3.05, 3.63) is 72.3 Å². The molecule has 1 saturated heterocycles. The Kier molecular flexibility index (Phi) is 6.25. The first-order valence-corrected chi connectivity index (χ1v) is 11.8. The summed E-state index contributed by atoms with van der Waals surface area (Å²) in [6.45, 7) is 0.954. The molecule has 7 heteroatoms. The van der Waals surface area contributed by atoms with E-state index in [1.807, 2.05) is 54.6 Å². The minimum atomic E-state index is -3.66. The summed E-state index contributed by atoms with van der Waals surface area (Å²) in [5.41, 5.74) is 0.884. The third-order valence-corrected chi connectivity index (χ3v) is 7.62. The highest BCUT2D eigenvalue weighted by Gasteiger charge is 2.33. The lowest BCUT2D eigenvalue weighted by molar-refractivity contribution is -0.126. The first-order chi connectivity index (χ1) is 15.0. The van der Waals surface area contributed by atoms with Gasteiger partial charge in [-0.05, 0) is 41.8 Å². The van der Waals surface area contributed by atoms with Gasteiger partial charge in [-0.3, -0.25) is 4.79 Å². The Morgan fingerprint density at radius 1 is 1.06 bits per heavy atom. The molecule has 31 heavy (non-hydrogen) atoms. The number of carbonyl (C=O) groups excluding carboxylic acids is 1. The van der Waals surface area contributed by atoms with Crippen molar-refractivity contribution in [1.82, 2.24) is 9.62 Å². The number of hydrogen-bond acceptors (Lipinski definition) is 4. The van der Waals surface area contributed by atoms with Crippen molar-refractivity contribution in [3.63, 3.8) is 0 Å². The molecular formula is C24H26N2O4S. The van der Waals surface area contributed by atoms with Gasteiger partial charge in [-0.15, -0.1) is 0 Å². The zero-order valence-electron chi connectivity index (χ0n) is 17.5. The number of amides is 1. The van der Waals surface area contributed by atoms with Crippen molar-refractivity contribution >= 4 is 26.7 Å². The van der Waals surface area contributed by atoms with Gasteiger partial charge >= 0.3 is 0 Å². The number of methoxy groups -OCH3 is 1. The molecule has 1 aliphatic heterocycles. The van der Waals surface area contributed by atoms with Crippen LogP contribution in [0.15, 0.2) is 71.6 Å². The van der Waals surface area contributed by atoms with Crippen LogP contribution in [0.1, 0.15) is 18.4 Å². The van der Waals surface area contributed by atoms with E-state index >= 15 is 0 Å². The van der Waals surface area contributed by atoms with Crippen LogP contribution in [0, 0.1) is 5.92 Å². The van der Waals surface area contributed by atoms with Gasteiger partial charge in [-0.2, -0.15) is 4.31 Å². The number of rotatable bonds is 6. The zero-order valence-corrected chi connectivity index (χ0v) is 18.3. The van der Waals surface area contributed by atoms with Gasteiger partial charge < -0.3 is 10.1 Å². The molecule has 4 rings (SSSR count). The summed E-state index contributed by atoms with van der Waals surface area (Å²) in [7, 11) is -2.07. The van der Waals surface area contributed by atoms with Crippen molar-refractivity contribution in [3.8, 4) is 5.75 Å². The van der Waals surface area contributed by atoms with Crippen LogP contribution in [0.4, 0.5) is 0 Å². The lowest BCUT2D eigenvalue weighted by Crippen LogP contribution is -2.45. The van der Waals surface area contributed by atoms with Crippen molar-refractivity contribution < 1.29 is 17.9 Å². The number of nitrogens with one attached hydrogen (secondary N) is 1. The molecule has 0 aromatic heterocycles. The molecule has 0 radical (unpaired) electrons. The standard InChI is InChI=1S/C24H26N2O4S/c1-30-23-11-5-4-9-20(23)16-25-24(27)21-10-6-14-26(17-21)31(28,29)22-13-12-18-7-2-3-8-19(18)15-22/h2-5,7-9,11-13,15,21H,6,10,14,16-17H2,1H3,(H,25,27)/t21-/m1/s1. The number of fused-ring (bicyclic) bond motifs is 1. The Morgan fingerprint density at radius 2 is 1.81 bits per heavy atom. The Hall–Kier alpha value is -2.90. The van der Waals surface area contributed by atoms with E-state index in [-0.39, 0.29) is 23.3 Å². The largest absolute Gasteiger partial charge is 0.496 e. The number of benzene rings is 3. The predicted molar refractivity (Wildman–Crippen MR) is 120 cm³/mol. The third-order valence-electron chi connectivity index (χ3n) is 5.76. The zero-order chi connectivity index (χ0) is 21.8. The Balaban J connectivity index is 1.46. The Morgan fingerprint density at radius 3 is 2.61 bits per heavy atom. The summed E-state index contributed by atoms with van der Waals surface area (Å²) in [5, 5.41) is 4.81. The maximum Gasteiger partial charge on any atom is 0.243 e. The van der Waals surface area contributed by atoms with E-state index in [2.05, 4.69) is 5.32 Å². The summed E-state index contributed by atoms with van der Waals surface area (Å²) >= 11 is 0. The number of hydrogen-bond donors (Lipinski definition) is 1. The summed E-state index contributed by atoms with van der Waals surface area (Å²) in [4.78, 5) is 13.0. The minimum Gasteiger partial charge on any atom is -0.496 e. The van der Waals surface area contributed by atoms with Gasteiger partial charge in [0.15, 0.2) is 0 Å². The molecule has 162 valence electrons. The van der Waals surface area contributed by atoms with E-state index in [0.717, 1.165) is 16.3 Å². The van der Waals surface area contributed by atoms with Gasteiger partial charge in [0.1, 0.15) is 5.75 Å². The van der Waals surface area contributed by atoms with E-state index in [4.69, 9.17) is 4.74 Å². The molecule has 1 amide bonds. The highest BCUT2D eigenvalue weighted by molar-refractivity contribution is 7.89. The van der Waals surface area contributed by atoms with Crippen LogP contribution in [0.3, 0.4) is 0 Å². The van der Waals surface area contributed by atoms with Crippen LogP contribution in [0.25, 0.3) is 10.8 Å². The predicted octanol–water partition coefficient (Wildman–Crippen LogP) is 3.57. The van der Waals surface area contributed by atoms with E-state index in [1.165, 1.54) is 4.31 Å². The summed E-state index contributed by atoms with van der Waals surface area (Å²) in [5.74, 6) is 0.204. The van der Waals surface area contributed by atoms with Gasteiger partial charge in [-0.1, -0.05) is 48.5 Å². The molecule has 6 nitrogen and oxygen atoms in total. The average molecular weight is 439 g/mol. The fourth-order valence-corrected chi connectivity index (χ4v) is 5.59. The topological polar surface area (TPSA) is 75.7 Å². The highest BCUT2D eigenvalue weighted by atomic mass is 32.2. The smallest absolute Gasteiger partial charge is 0.243 e. The molecule has 3 aromatic rings. The van der Waals surface area contributed by atoms with Gasteiger partial charge in [-0.25, -0.2) is 8.42 Å². The van der Waals surface area contributed by atoms with Crippen LogP contribution in [-0.4, -0.2) is 38.8 Å². The molecular weight excluding hydrogens is 412 g/mol. The molecule has 0 aliphatic carbocycles. The summed E-state index contributed by atoms with van der Waals surface area (Å²) < 4.78 is 33.2. The quantitative estimate of drug-likeness (QED) is 0.639. The molecule has 0 bridgehead atoms. The van der Waals surface area contributed by atoms with Crippen LogP contribution < -0.4 is 10.1 Å². The first-order valence-electron chi connectivity index (χ1n) is 10.4. The molecule has 0 spiro atoms. The van der Waals surface area contributed by atoms with Crippen LogP contribution in [0.5, 0.6) is 5.75 Å². The maximum atomic E-state index is 13.2. The number of carbonyl (C=O) groups is 1. The Labute approximate surface area is 182 Å². The van der Waals surface area contributed by atoms with E-state index in [1.54, 1.807) is 19.2 Å². The lowest BCUT2D eigenvalue weighted by atomic mass is 9.98. The summed E-state index contributed by atoms with van der Waals surface area (Å²) in [6, 6.07) is 20.4. The van der Waals surface area contributed by atoms with Gasteiger partial charge in [0.2, 0.25) is 15.9 Å². The fraction of sp³-hybridized carbons (Fsp3) is 0.292. The maximum absolute atomic E-state index is 13.2. The van der Waals surface area contributed by atoms with Gasteiger partial charge in [0, 0.05) is 25.2 Å². The Bertz CT molecular complexity index is 1190. The molecule has 1 heterocycles. The molecule has 3 aromatic carbocycles. The van der Waals surface area contributed by atoms with E-state index in [0.29, 0.717) is 31.7 Å². The molecule has 0 saturated carbocycles. The number of nitrogens with zero attached hydrogens (tertiary/aromatic N) is 1. The SMILES string of the molecule is COc1ccccc1CNC(=O)[C@@H]1CCCN(S(=O)(=O)c2ccc3ccccc3c2)C1. The van der Waals surface area contributed by atoms with Crippen molar-refractivity contribution in [2.24, 2.45) is 5.92 Å². The molecule has 0 unspecified atom stereocenters. The second-order valence-corrected chi connectivity index (χ2v) is 9.68. The lowest BCUT2D eigenvalue weighted by Gasteiger charge is -2.31. The average Bonchev–Trinajstić information content (AvgIpc) is 2.82. The van der Waals surface area contributed by atoms with Crippen LogP contribution >= 0.6 is 0 Å². The monoisotopic (exact) mass is 438 g/mol. The number of ether oxygens (including phenoxy) is 1. The van der Waals surface area contributed by atoms with Crippen LogP contribution in [-0.2, 0) is 21.4 Å². The molecule has 1 N–H and O–H groups in total. The van der Waals surface area contributed by atoms with Crippen molar-refractivity contribution in [2.45, 2.75) is 24.3 Å². The highest BCUT2D eigenvalue weighted by Crippen LogP contribution is 2.26. The molecule has 1 aliphatic rings. The van der Waals surface area contributed by atoms with E-state index < -0.39 is 10.0 Å². The van der Waals surface area contributed by atoms with Crippen molar-refractivity contribution in [2.75, 3.05) is 20.2 Å². The second-order valence-electron chi connectivity index (χ2n) is 7.74. The number of para-hydroxylation sites is 1. The minimum absolute atomic E-state index is 0.135. The van der Waals surface area contributed by atoms with E-state index in [9.17, 15) is 13.2 Å². The second kappa shape index (κ2) is 9.08.